The summed E-state index contributed by atoms with van der Waals surface area (Å²) in [7, 11) is 1.24. The zero-order chi connectivity index (χ0) is 27.6. The van der Waals surface area contributed by atoms with Crippen LogP contribution in [0, 0.1) is 17.0 Å². The zero-order valence-electron chi connectivity index (χ0n) is 20.7. The van der Waals surface area contributed by atoms with Crippen molar-refractivity contribution in [2.75, 3.05) is 25.6 Å². The molecule has 2 heterocycles. The second-order valence-corrected chi connectivity index (χ2v) is 9.43. The van der Waals surface area contributed by atoms with Crippen molar-refractivity contribution in [3.8, 4) is 16.9 Å². The number of thiophene rings is 1. The number of ether oxygens (including phenoxy) is 2. The number of imide groups is 1. The summed E-state index contributed by atoms with van der Waals surface area (Å²) in [4.78, 5) is 63.1. The van der Waals surface area contributed by atoms with E-state index in [4.69, 9.17) is 9.47 Å². The van der Waals surface area contributed by atoms with Crippen LogP contribution in [0.3, 0.4) is 0 Å². The van der Waals surface area contributed by atoms with Gasteiger partial charge >= 0.3 is 5.97 Å². The summed E-state index contributed by atoms with van der Waals surface area (Å²) in [5.74, 6) is -2.05. The Hall–Kier alpha value is -4.58. The molecule has 2 aromatic carbocycles. The molecular formula is C26H23N3O8S. The highest BCUT2D eigenvalue weighted by molar-refractivity contribution is 7.17. The van der Waals surface area contributed by atoms with Crippen molar-refractivity contribution < 1.29 is 33.6 Å². The summed E-state index contributed by atoms with van der Waals surface area (Å²) in [6.07, 6.45) is -0.283. The van der Waals surface area contributed by atoms with Crippen molar-refractivity contribution >= 4 is 45.7 Å². The van der Waals surface area contributed by atoms with Crippen molar-refractivity contribution in [1.82, 2.24) is 4.90 Å². The van der Waals surface area contributed by atoms with Crippen molar-refractivity contribution in [2.24, 2.45) is 0 Å². The van der Waals surface area contributed by atoms with Gasteiger partial charge in [-0.15, -0.1) is 11.3 Å². The highest BCUT2D eigenvalue weighted by Gasteiger charge is 2.40. The van der Waals surface area contributed by atoms with E-state index in [0.29, 0.717) is 17.9 Å². The molecule has 0 unspecified atom stereocenters. The molecule has 3 amide bonds. The molecular weight excluding hydrogens is 514 g/mol. The van der Waals surface area contributed by atoms with E-state index in [0.717, 1.165) is 21.4 Å². The van der Waals surface area contributed by atoms with Gasteiger partial charge in [0.05, 0.1) is 24.2 Å². The number of hydrogen-bond acceptors (Lipinski definition) is 9. The number of amides is 3. The summed E-state index contributed by atoms with van der Waals surface area (Å²) in [6.45, 7) is 3.90. The van der Waals surface area contributed by atoms with Gasteiger partial charge in [-0.2, -0.15) is 0 Å². The van der Waals surface area contributed by atoms with Gasteiger partial charge in [-0.25, -0.2) is 4.79 Å². The average molecular weight is 538 g/mol. The highest BCUT2D eigenvalue weighted by Crippen LogP contribution is 2.41. The van der Waals surface area contributed by atoms with Crippen LogP contribution in [0.25, 0.3) is 11.1 Å². The first-order valence-electron chi connectivity index (χ1n) is 11.6. The first-order valence-corrected chi connectivity index (χ1v) is 12.4. The average Bonchev–Trinajstić information content (AvgIpc) is 3.35. The summed E-state index contributed by atoms with van der Waals surface area (Å²) >= 11 is 1.19. The van der Waals surface area contributed by atoms with Crippen LogP contribution >= 0.6 is 11.3 Å². The highest BCUT2D eigenvalue weighted by atomic mass is 32.1. The Kier molecular flexibility index (Phi) is 7.53. The van der Waals surface area contributed by atoms with E-state index in [1.54, 1.807) is 24.3 Å². The molecule has 3 aromatic rings. The first-order chi connectivity index (χ1) is 18.2. The van der Waals surface area contributed by atoms with Crippen LogP contribution in [0.4, 0.5) is 10.7 Å². The number of aryl methyl sites for hydroxylation is 1. The van der Waals surface area contributed by atoms with Gasteiger partial charge in [-0.1, -0.05) is 18.2 Å². The molecule has 0 spiro atoms. The molecule has 0 aliphatic carbocycles. The molecule has 4 rings (SSSR count). The van der Waals surface area contributed by atoms with Gasteiger partial charge in [-0.3, -0.25) is 29.4 Å². The lowest BCUT2D eigenvalue weighted by atomic mass is 10.0. The number of rotatable bonds is 9. The molecule has 0 bridgehead atoms. The number of fused-ring (bicyclic) bond motifs is 1. The normalized spacial score (nSPS) is 12.3. The molecule has 0 radical (unpaired) electrons. The number of nitro groups is 1. The number of carbonyl (C=O) groups is 4. The van der Waals surface area contributed by atoms with Crippen LogP contribution in [0.5, 0.6) is 5.75 Å². The summed E-state index contributed by atoms with van der Waals surface area (Å²) in [6, 6.07) is 11.0. The van der Waals surface area contributed by atoms with Gasteiger partial charge in [0.2, 0.25) is 5.91 Å². The van der Waals surface area contributed by atoms with Crippen LogP contribution in [0.15, 0.2) is 42.5 Å². The predicted molar refractivity (Wildman–Crippen MR) is 139 cm³/mol. The van der Waals surface area contributed by atoms with Crippen LogP contribution < -0.4 is 10.1 Å². The van der Waals surface area contributed by atoms with Gasteiger partial charge in [0.25, 0.3) is 17.5 Å². The van der Waals surface area contributed by atoms with Gasteiger partial charge < -0.3 is 14.8 Å². The monoisotopic (exact) mass is 537 g/mol. The third kappa shape index (κ3) is 4.85. The maximum absolute atomic E-state index is 12.8. The summed E-state index contributed by atoms with van der Waals surface area (Å²) < 4.78 is 10.4. The van der Waals surface area contributed by atoms with E-state index in [2.05, 4.69) is 5.32 Å². The van der Waals surface area contributed by atoms with Gasteiger partial charge in [0, 0.05) is 29.5 Å². The Morgan fingerprint density at radius 2 is 1.79 bits per heavy atom. The number of nitro benzene ring substituents is 1. The molecule has 1 aliphatic heterocycles. The molecule has 38 heavy (non-hydrogen) atoms. The number of anilines is 1. The van der Waals surface area contributed by atoms with E-state index in [1.807, 2.05) is 13.8 Å². The van der Waals surface area contributed by atoms with E-state index in [9.17, 15) is 29.3 Å². The number of nitrogens with zero attached hydrogens (tertiary/aromatic N) is 2. The fraction of sp³-hybridized carbons (Fsp3) is 0.231. The van der Waals surface area contributed by atoms with Crippen LogP contribution in [0.1, 0.15) is 49.3 Å². The number of hydrogen-bond donors (Lipinski definition) is 1. The Morgan fingerprint density at radius 1 is 1.08 bits per heavy atom. The van der Waals surface area contributed by atoms with Gasteiger partial charge in [0.1, 0.15) is 21.9 Å². The number of esters is 1. The fourth-order valence-corrected chi connectivity index (χ4v) is 5.32. The third-order valence-electron chi connectivity index (χ3n) is 5.92. The predicted octanol–water partition coefficient (Wildman–Crippen LogP) is 4.44. The van der Waals surface area contributed by atoms with Crippen molar-refractivity contribution in [1.29, 1.82) is 0 Å². The molecule has 11 nitrogen and oxygen atoms in total. The molecule has 12 heteroatoms. The second kappa shape index (κ2) is 10.8. The van der Waals surface area contributed by atoms with E-state index < -0.39 is 34.3 Å². The zero-order valence-corrected chi connectivity index (χ0v) is 21.5. The minimum atomic E-state index is -0.829. The van der Waals surface area contributed by atoms with Crippen molar-refractivity contribution in [3.05, 3.63) is 74.1 Å². The van der Waals surface area contributed by atoms with E-state index in [-0.39, 0.29) is 34.7 Å². The molecule has 1 aliphatic rings. The lowest BCUT2D eigenvalue weighted by molar-refractivity contribution is -0.385. The second-order valence-electron chi connectivity index (χ2n) is 8.20. The van der Waals surface area contributed by atoms with E-state index in [1.165, 1.54) is 30.6 Å². The fourth-order valence-electron chi connectivity index (χ4n) is 4.24. The Balaban J connectivity index is 1.53. The molecule has 196 valence electrons. The standard InChI is InChI=1S/C26H23N3O8S/c1-4-37-16-10-8-15(9-11-16)20-14(2)38-23(22(20)26(33)36-3)27-19(30)12-13-28-24(31)17-6-5-7-18(29(34)35)21(17)25(28)32/h5-11H,4,12-13H2,1-3H3,(H,27,30). The molecule has 0 saturated carbocycles. The van der Waals surface area contributed by atoms with Crippen LogP contribution in [-0.2, 0) is 9.53 Å². The van der Waals surface area contributed by atoms with Gasteiger partial charge in [0.15, 0.2) is 0 Å². The minimum absolute atomic E-state index is 0.0773. The Labute approximate surface area is 221 Å². The number of nitrogens with one attached hydrogen (secondary N) is 1. The first kappa shape index (κ1) is 26.5. The Morgan fingerprint density at radius 3 is 2.42 bits per heavy atom. The molecule has 0 atom stereocenters. The minimum Gasteiger partial charge on any atom is -0.494 e. The number of benzene rings is 2. The maximum Gasteiger partial charge on any atom is 0.341 e. The largest absolute Gasteiger partial charge is 0.494 e. The maximum atomic E-state index is 12.8. The molecule has 0 fully saturated rings. The summed E-state index contributed by atoms with van der Waals surface area (Å²) in [5, 5.41) is 14.2. The molecule has 0 saturated heterocycles. The smallest absolute Gasteiger partial charge is 0.341 e. The Bertz CT molecular complexity index is 1460. The van der Waals surface area contributed by atoms with Crippen molar-refractivity contribution in [2.45, 2.75) is 20.3 Å². The molecule has 1 aromatic heterocycles. The lowest BCUT2D eigenvalue weighted by Gasteiger charge is -2.13. The SMILES string of the molecule is CCOc1ccc(-c2c(C)sc(NC(=O)CCN3C(=O)c4cccc([N+](=O)[O-])c4C3=O)c2C(=O)OC)cc1. The quantitative estimate of drug-likeness (QED) is 0.182. The third-order valence-corrected chi connectivity index (χ3v) is 6.94. The number of methoxy groups -OCH3 is 1. The van der Waals surface area contributed by atoms with Crippen LogP contribution in [-0.4, -0.2) is 53.8 Å². The van der Waals surface area contributed by atoms with Crippen LogP contribution in [0.2, 0.25) is 0 Å². The lowest BCUT2D eigenvalue weighted by Crippen LogP contribution is -2.33. The van der Waals surface area contributed by atoms with Crippen molar-refractivity contribution in [3.63, 3.8) is 0 Å². The van der Waals surface area contributed by atoms with E-state index >= 15 is 0 Å². The topological polar surface area (TPSA) is 145 Å². The molecule has 1 N–H and O–H groups in total. The van der Waals surface area contributed by atoms with Gasteiger partial charge in [-0.05, 0) is 37.6 Å². The summed E-state index contributed by atoms with van der Waals surface area (Å²) in [5.41, 5.74) is 0.690. The number of carbonyl (C=O) groups excluding carboxylic acids is 4.